The van der Waals surface area contributed by atoms with Crippen LogP contribution in [0.1, 0.15) is 45.1 Å². The number of aliphatic imine (C=N–C) groups is 1. The Morgan fingerprint density at radius 1 is 1.15 bits per heavy atom. The van der Waals surface area contributed by atoms with Crippen LogP contribution in [0.25, 0.3) is 4.85 Å². The molecule has 2 aliphatic rings. The van der Waals surface area contributed by atoms with Gasteiger partial charge in [-0.25, -0.2) is 13.3 Å². The molecular formula is C21H26N2O2S. The average Bonchev–Trinajstić information content (AvgIpc) is 3.06. The van der Waals surface area contributed by atoms with Gasteiger partial charge in [0.15, 0.2) is 9.84 Å². The zero-order chi connectivity index (χ0) is 18.7. The van der Waals surface area contributed by atoms with Crippen molar-refractivity contribution in [3.63, 3.8) is 0 Å². The summed E-state index contributed by atoms with van der Waals surface area (Å²) in [6.45, 7) is 11.8. The summed E-state index contributed by atoms with van der Waals surface area (Å²) in [5, 5.41) is -0.298. The summed E-state index contributed by atoms with van der Waals surface area (Å²) in [4.78, 5) is 8.46. The maximum Gasteiger partial charge on any atom is 0.213 e. The SMILES string of the molecule is [C-]#[N+]C1=C(C2CCC(CS(=O)(=O)C(C)C)CC2)CN=C1c1ccccc1. The molecule has 0 bridgehead atoms. The molecule has 1 heterocycles. The Morgan fingerprint density at radius 3 is 2.38 bits per heavy atom. The highest BCUT2D eigenvalue weighted by molar-refractivity contribution is 7.91. The van der Waals surface area contributed by atoms with E-state index in [4.69, 9.17) is 6.57 Å². The van der Waals surface area contributed by atoms with E-state index in [1.165, 1.54) is 0 Å². The lowest BCUT2D eigenvalue weighted by Crippen LogP contribution is -2.27. The van der Waals surface area contributed by atoms with E-state index >= 15 is 0 Å². The van der Waals surface area contributed by atoms with Gasteiger partial charge in [0.05, 0.1) is 29.8 Å². The Bertz CT molecular complexity index is 853. The van der Waals surface area contributed by atoms with Gasteiger partial charge in [-0.05, 0) is 62.5 Å². The molecule has 0 unspecified atom stereocenters. The van der Waals surface area contributed by atoms with E-state index in [0.29, 0.717) is 18.2 Å². The zero-order valence-electron chi connectivity index (χ0n) is 15.5. The molecule has 1 aliphatic heterocycles. The minimum Gasteiger partial charge on any atom is -0.293 e. The highest BCUT2D eigenvalue weighted by Gasteiger charge is 2.32. The monoisotopic (exact) mass is 370 g/mol. The van der Waals surface area contributed by atoms with E-state index in [2.05, 4.69) is 9.84 Å². The van der Waals surface area contributed by atoms with Crippen LogP contribution in [0.3, 0.4) is 0 Å². The van der Waals surface area contributed by atoms with Crippen molar-refractivity contribution in [2.75, 3.05) is 12.3 Å². The Morgan fingerprint density at radius 2 is 1.81 bits per heavy atom. The molecule has 4 nitrogen and oxygen atoms in total. The van der Waals surface area contributed by atoms with Crippen LogP contribution in [0.2, 0.25) is 0 Å². The highest BCUT2D eigenvalue weighted by atomic mass is 32.2. The maximum absolute atomic E-state index is 12.2. The van der Waals surface area contributed by atoms with Crippen LogP contribution in [-0.4, -0.2) is 31.7 Å². The van der Waals surface area contributed by atoms with E-state index in [0.717, 1.165) is 48.2 Å². The first-order valence-corrected chi connectivity index (χ1v) is 11.1. The largest absolute Gasteiger partial charge is 0.293 e. The van der Waals surface area contributed by atoms with Crippen molar-refractivity contribution < 1.29 is 8.42 Å². The van der Waals surface area contributed by atoms with Crippen molar-refractivity contribution in [2.24, 2.45) is 16.8 Å². The molecule has 138 valence electrons. The minimum absolute atomic E-state index is 0.256. The van der Waals surface area contributed by atoms with Crippen LogP contribution < -0.4 is 0 Å². The summed E-state index contributed by atoms with van der Waals surface area (Å²) in [6, 6.07) is 9.91. The van der Waals surface area contributed by atoms with Gasteiger partial charge in [0.1, 0.15) is 0 Å². The van der Waals surface area contributed by atoms with E-state index in [1.807, 2.05) is 30.3 Å². The topological polar surface area (TPSA) is 50.9 Å². The lowest BCUT2D eigenvalue weighted by molar-refractivity contribution is 0.319. The van der Waals surface area contributed by atoms with Crippen molar-refractivity contribution >= 4 is 15.5 Å². The van der Waals surface area contributed by atoms with Gasteiger partial charge in [-0.3, -0.25) is 4.99 Å². The number of hydrogen-bond donors (Lipinski definition) is 0. The summed E-state index contributed by atoms with van der Waals surface area (Å²) in [5.41, 5.74) is 3.70. The third kappa shape index (κ3) is 3.91. The molecule has 0 saturated heterocycles. The molecule has 26 heavy (non-hydrogen) atoms. The smallest absolute Gasteiger partial charge is 0.213 e. The summed E-state index contributed by atoms with van der Waals surface area (Å²) in [6.07, 6.45) is 3.77. The second kappa shape index (κ2) is 7.75. The number of nitrogens with zero attached hydrogens (tertiary/aromatic N) is 2. The van der Waals surface area contributed by atoms with Crippen LogP contribution in [0, 0.1) is 18.4 Å². The first-order chi connectivity index (χ1) is 12.4. The molecule has 0 spiro atoms. The maximum atomic E-state index is 12.2. The predicted molar refractivity (Wildman–Crippen MR) is 106 cm³/mol. The molecule has 0 amide bonds. The Balaban J connectivity index is 1.69. The van der Waals surface area contributed by atoms with Crippen molar-refractivity contribution in [3.8, 4) is 0 Å². The van der Waals surface area contributed by atoms with Gasteiger partial charge in [-0.15, -0.1) is 0 Å². The fourth-order valence-corrected chi connectivity index (χ4v) is 5.31. The normalized spacial score (nSPS) is 23.8. The summed E-state index contributed by atoms with van der Waals surface area (Å²) in [5.74, 6) is 0.923. The number of hydrogen-bond acceptors (Lipinski definition) is 3. The van der Waals surface area contributed by atoms with E-state index in [-0.39, 0.29) is 11.2 Å². The molecule has 5 heteroatoms. The minimum atomic E-state index is -2.98. The fourth-order valence-electron chi connectivity index (χ4n) is 3.94. The molecular weight excluding hydrogens is 344 g/mol. The molecule has 0 aromatic heterocycles. The van der Waals surface area contributed by atoms with Crippen LogP contribution in [-0.2, 0) is 9.84 Å². The van der Waals surface area contributed by atoms with Gasteiger partial charge in [-0.1, -0.05) is 30.3 Å². The van der Waals surface area contributed by atoms with Crippen LogP contribution in [0.5, 0.6) is 0 Å². The molecule has 1 aliphatic carbocycles. The predicted octanol–water partition coefficient (Wildman–Crippen LogP) is 4.29. The summed E-state index contributed by atoms with van der Waals surface area (Å²) < 4.78 is 24.3. The third-order valence-electron chi connectivity index (χ3n) is 5.62. The first-order valence-electron chi connectivity index (χ1n) is 9.34. The van der Waals surface area contributed by atoms with Crippen molar-refractivity contribution in [1.82, 2.24) is 0 Å². The summed E-state index contributed by atoms with van der Waals surface area (Å²) in [7, 11) is -2.98. The molecule has 1 fully saturated rings. The average molecular weight is 371 g/mol. The van der Waals surface area contributed by atoms with Gasteiger partial charge < -0.3 is 0 Å². The van der Waals surface area contributed by atoms with E-state index in [1.54, 1.807) is 13.8 Å². The quantitative estimate of drug-likeness (QED) is 0.726. The number of rotatable bonds is 5. The Labute approximate surface area is 156 Å². The van der Waals surface area contributed by atoms with Gasteiger partial charge in [0, 0.05) is 0 Å². The molecule has 0 radical (unpaired) electrons. The molecule has 0 N–H and O–H groups in total. The summed E-state index contributed by atoms with van der Waals surface area (Å²) >= 11 is 0. The van der Waals surface area contributed by atoms with Crippen molar-refractivity contribution in [1.29, 1.82) is 0 Å². The lowest BCUT2D eigenvalue weighted by atomic mass is 9.78. The zero-order valence-corrected chi connectivity index (χ0v) is 16.3. The first kappa shape index (κ1) is 18.8. The van der Waals surface area contributed by atoms with Crippen LogP contribution in [0.15, 0.2) is 46.6 Å². The van der Waals surface area contributed by atoms with Crippen LogP contribution >= 0.6 is 0 Å². The Hall–Kier alpha value is -1.93. The molecule has 1 aromatic carbocycles. The number of allylic oxidation sites excluding steroid dienone is 1. The van der Waals surface area contributed by atoms with Gasteiger partial charge in [0.25, 0.3) is 0 Å². The second-order valence-electron chi connectivity index (χ2n) is 7.61. The highest BCUT2D eigenvalue weighted by Crippen LogP contribution is 2.38. The molecule has 1 aromatic rings. The van der Waals surface area contributed by atoms with Gasteiger partial charge in [-0.2, -0.15) is 0 Å². The fraction of sp³-hybridized carbons (Fsp3) is 0.524. The van der Waals surface area contributed by atoms with Gasteiger partial charge in [0.2, 0.25) is 5.70 Å². The second-order valence-corrected chi connectivity index (χ2v) is 10.2. The third-order valence-corrected chi connectivity index (χ3v) is 7.99. The Kier molecular flexibility index (Phi) is 5.62. The lowest BCUT2D eigenvalue weighted by Gasteiger charge is -2.30. The van der Waals surface area contributed by atoms with Crippen molar-refractivity contribution in [3.05, 3.63) is 58.6 Å². The van der Waals surface area contributed by atoms with E-state index in [9.17, 15) is 8.42 Å². The molecule has 0 atom stereocenters. The van der Waals surface area contributed by atoms with E-state index < -0.39 is 9.84 Å². The molecule has 3 rings (SSSR count). The molecule has 1 saturated carbocycles. The standard InChI is InChI=1S/C21H26N2O2S/c1-15(2)26(24,25)14-16-9-11-17(12-10-16)19-13-23-20(21(19)22-3)18-7-5-4-6-8-18/h4-8,15-17H,9-14H2,1-2H3. The van der Waals surface area contributed by atoms with Crippen LogP contribution in [0.4, 0.5) is 0 Å². The number of sulfone groups is 1. The van der Waals surface area contributed by atoms with Gasteiger partial charge >= 0.3 is 0 Å². The van der Waals surface area contributed by atoms with Crippen molar-refractivity contribution in [2.45, 2.75) is 44.8 Å². The number of benzene rings is 1.